The number of rotatable bonds is 21. The first-order valence-corrected chi connectivity index (χ1v) is 19.4. The minimum atomic E-state index is -1.13. The minimum Gasteiger partial charge on any atom is -0.497 e. The second-order valence-electron chi connectivity index (χ2n) is 14.7. The summed E-state index contributed by atoms with van der Waals surface area (Å²) in [5, 5.41) is 19.4. The van der Waals surface area contributed by atoms with Gasteiger partial charge in [-0.3, -0.25) is 20.0 Å². The summed E-state index contributed by atoms with van der Waals surface area (Å²) < 4.78 is 9.96. The molecule has 14 nitrogen and oxygen atoms in total. The fraction of sp³-hybridized carbons (Fsp3) is 0.500. The van der Waals surface area contributed by atoms with Crippen LogP contribution in [-0.4, -0.2) is 107 Å². The van der Waals surface area contributed by atoms with Crippen LogP contribution in [0.1, 0.15) is 62.5 Å². The van der Waals surface area contributed by atoms with Gasteiger partial charge in [0.05, 0.1) is 38.6 Å². The number of aromatic nitrogens is 1. The molecule has 1 aliphatic heterocycles. The van der Waals surface area contributed by atoms with Gasteiger partial charge in [0.15, 0.2) is 0 Å². The maximum atomic E-state index is 14.4. The number of hydrogen-bond donors (Lipinski definition) is 4. The second-order valence-corrected chi connectivity index (χ2v) is 14.7. The number of aliphatic hydroxyl groups is 1. The zero-order valence-electron chi connectivity index (χ0n) is 33.6. The molecule has 4 N–H and O–H groups in total. The van der Waals surface area contributed by atoms with Crippen molar-refractivity contribution in [3.63, 3.8) is 0 Å². The van der Waals surface area contributed by atoms with Crippen LogP contribution >= 0.6 is 0 Å². The molecule has 14 heteroatoms. The van der Waals surface area contributed by atoms with Crippen LogP contribution in [0.2, 0.25) is 0 Å². The van der Waals surface area contributed by atoms with Crippen LogP contribution in [-0.2, 0) is 33.8 Å². The first-order chi connectivity index (χ1) is 26.9. The van der Waals surface area contributed by atoms with E-state index in [2.05, 4.69) is 25.8 Å². The van der Waals surface area contributed by atoms with Gasteiger partial charge in [-0.25, -0.2) is 14.6 Å². The quantitative estimate of drug-likeness (QED) is 0.115. The van der Waals surface area contributed by atoms with Crippen molar-refractivity contribution in [2.75, 3.05) is 40.4 Å². The lowest BCUT2D eigenvalue weighted by molar-refractivity contribution is -0.130. The highest BCUT2D eigenvalue weighted by Gasteiger charge is 2.41. The molecule has 1 aliphatic rings. The number of ether oxygens (including phenoxy) is 2. The van der Waals surface area contributed by atoms with Gasteiger partial charge in [0, 0.05) is 44.8 Å². The fourth-order valence-electron chi connectivity index (χ4n) is 6.73. The lowest BCUT2D eigenvalue weighted by atomic mass is 9.95. The number of benzene rings is 2. The molecule has 5 atom stereocenters. The SMILES string of the molecule is CCC(C)C(C(=O)NC(Cc1ccccc1)C(O)CN(Cc1ccc(OC)cc1)NC(=O)CCC(C)CNC(=O)OC)N1CCN(Cc2cccc(C)n2)C1=O. The molecule has 304 valence electrons. The van der Waals surface area contributed by atoms with Gasteiger partial charge >= 0.3 is 12.1 Å². The molecule has 0 saturated carbocycles. The Hall–Kier alpha value is -5.21. The Morgan fingerprint density at radius 2 is 1.70 bits per heavy atom. The Balaban J connectivity index is 1.53. The summed E-state index contributed by atoms with van der Waals surface area (Å²) in [6, 6.07) is 21.0. The number of aryl methyl sites for hydroxylation is 1. The number of carbonyl (C=O) groups is 4. The summed E-state index contributed by atoms with van der Waals surface area (Å²) in [5.74, 6) is -0.0656. The molecule has 2 heterocycles. The van der Waals surface area contributed by atoms with E-state index in [0.29, 0.717) is 51.2 Å². The topological polar surface area (TPSA) is 166 Å². The van der Waals surface area contributed by atoms with E-state index in [1.54, 1.807) is 21.9 Å². The Morgan fingerprint density at radius 1 is 0.964 bits per heavy atom. The lowest BCUT2D eigenvalue weighted by Crippen LogP contribution is -2.58. The number of urea groups is 1. The number of nitrogens with zero attached hydrogens (tertiary/aromatic N) is 4. The molecule has 56 heavy (non-hydrogen) atoms. The van der Waals surface area contributed by atoms with Crippen molar-refractivity contribution in [1.82, 2.24) is 35.9 Å². The second kappa shape index (κ2) is 21.8. The monoisotopic (exact) mass is 773 g/mol. The van der Waals surface area contributed by atoms with Crippen molar-refractivity contribution in [1.29, 1.82) is 0 Å². The molecular formula is C42H59N7O7. The third kappa shape index (κ3) is 13.2. The molecule has 4 rings (SSSR count). The molecule has 1 fully saturated rings. The van der Waals surface area contributed by atoms with Crippen LogP contribution < -0.4 is 20.8 Å². The van der Waals surface area contributed by atoms with E-state index < -0.39 is 24.3 Å². The van der Waals surface area contributed by atoms with Gasteiger partial charge in [-0.15, -0.1) is 0 Å². The fourth-order valence-corrected chi connectivity index (χ4v) is 6.73. The highest BCUT2D eigenvalue weighted by molar-refractivity contribution is 5.88. The van der Waals surface area contributed by atoms with Crippen LogP contribution in [0, 0.1) is 18.8 Å². The zero-order valence-corrected chi connectivity index (χ0v) is 33.6. The third-order valence-electron chi connectivity index (χ3n) is 10.2. The molecule has 5 unspecified atom stereocenters. The third-order valence-corrected chi connectivity index (χ3v) is 10.2. The molecule has 5 amide bonds. The average molecular weight is 774 g/mol. The van der Waals surface area contributed by atoms with Gasteiger partial charge in [-0.2, -0.15) is 0 Å². The number of amides is 5. The zero-order chi connectivity index (χ0) is 40.6. The van der Waals surface area contributed by atoms with Gasteiger partial charge in [-0.05, 0) is 67.0 Å². The number of methoxy groups -OCH3 is 2. The molecule has 0 aliphatic carbocycles. The molecule has 1 aromatic heterocycles. The number of nitrogens with one attached hydrogen (secondary N) is 3. The number of hydrogen-bond acceptors (Lipinski definition) is 9. The first-order valence-electron chi connectivity index (χ1n) is 19.4. The maximum absolute atomic E-state index is 14.4. The molecular weight excluding hydrogens is 715 g/mol. The van der Waals surface area contributed by atoms with Gasteiger partial charge in [0.2, 0.25) is 11.8 Å². The van der Waals surface area contributed by atoms with Crippen LogP contribution in [0.4, 0.5) is 9.59 Å². The van der Waals surface area contributed by atoms with Gasteiger partial charge in [0.1, 0.15) is 11.8 Å². The summed E-state index contributed by atoms with van der Waals surface area (Å²) in [5.41, 5.74) is 6.40. The minimum absolute atomic E-state index is 0.0110. The van der Waals surface area contributed by atoms with E-state index in [0.717, 1.165) is 22.5 Å². The Morgan fingerprint density at radius 3 is 2.36 bits per heavy atom. The summed E-state index contributed by atoms with van der Waals surface area (Å²) in [4.78, 5) is 61.0. The molecule has 3 aromatic rings. The van der Waals surface area contributed by atoms with E-state index in [1.807, 2.05) is 100 Å². The predicted octanol–water partition coefficient (Wildman–Crippen LogP) is 4.45. The Kier molecular flexibility index (Phi) is 16.9. The predicted molar refractivity (Wildman–Crippen MR) is 213 cm³/mol. The first kappa shape index (κ1) is 43.5. The van der Waals surface area contributed by atoms with E-state index in [9.17, 15) is 24.3 Å². The standard InChI is InChI=1S/C42H59N7O7/c1-7-30(3)39(49-23-22-47(42(49)54)27-34-15-11-12-31(4)44-34)40(52)45-36(24-32-13-9-8-10-14-32)37(50)28-48(26-33-17-19-35(55-5)20-18-33)46-38(51)21-16-29(2)25-43-41(53)56-6/h8-15,17-20,29-30,36-37,39,50H,7,16,21-28H2,1-6H3,(H,43,53)(H,45,52)(H,46,51). The van der Waals surface area contributed by atoms with E-state index >= 15 is 0 Å². The summed E-state index contributed by atoms with van der Waals surface area (Å²) in [7, 11) is 2.89. The van der Waals surface area contributed by atoms with Crippen LogP contribution in [0.5, 0.6) is 5.75 Å². The van der Waals surface area contributed by atoms with Gasteiger partial charge < -0.3 is 35.0 Å². The van der Waals surface area contributed by atoms with Crippen molar-refractivity contribution in [3.8, 4) is 5.75 Å². The number of hydrazine groups is 1. The smallest absolute Gasteiger partial charge is 0.406 e. The van der Waals surface area contributed by atoms with Crippen molar-refractivity contribution in [2.45, 2.75) is 84.7 Å². The highest BCUT2D eigenvalue weighted by atomic mass is 16.5. The summed E-state index contributed by atoms with van der Waals surface area (Å²) in [6.45, 7) is 9.61. The highest BCUT2D eigenvalue weighted by Crippen LogP contribution is 2.23. The van der Waals surface area contributed by atoms with E-state index in [1.165, 1.54) is 7.11 Å². The molecule has 0 spiro atoms. The molecule has 0 radical (unpaired) electrons. The van der Waals surface area contributed by atoms with Crippen LogP contribution in [0.25, 0.3) is 0 Å². The van der Waals surface area contributed by atoms with Crippen molar-refractivity contribution >= 4 is 23.9 Å². The largest absolute Gasteiger partial charge is 0.497 e. The number of pyridine rings is 1. The Labute approximate surface area is 330 Å². The number of aliphatic hydroxyl groups excluding tert-OH is 1. The van der Waals surface area contributed by atoms with Crippen LogP contribution in [0.3, 0.4) is 0 Å². The van der Waals surface area contributed by atoms with Crippen molar-refractivity contribution in [2.24, 2.45) is 11.8 Å². The van der Waals surface area contributed by atoms with E-state index in [4.69, 9.17) is 4.74 Å². The number of carbonyl (C=O) groups excluding carboxylic acids is 4. The van der Waals surface area contributed by atoms with Gasteiger partial charge in [-0.1, -0.05) is 75.7 Å². The molecule has 2 aromatic carbocycles. The molecule has 0 bridgehead atoms. The lowest BCUT2D eigenvalue weighted by Gasteiger charge is -2.35. The normalized spacial score (nSPS) is 15.5. The van der Waals surface area contributed by atoms with E-state index in [-0.39, 0.29) is 49.2 Å². The van der Waals surface area contributed by atoms with Crippen molar-refractivity contribution in [3.05, 3.63) is 95.3 Å². The molecule has 1 saturated heterocycles. The summed E-state index contributed by atoms with van der Waals surface area (Å²) in [6.07, 6.45) is 0.00396. The maximum Gasteiger partial charge on any atom is 0.406 e. The number of alkyl carbamates (subject to hydrolysis) is 1. The van der Waals surface area contributed by atoms with Crippen molar-refractivity contribution < 1.29 is 33.8 Å². The van der Waals surface area contributed by atoms with Crippen LogP contribution in [0.15, 0.2) is 72.8 Å². The van der Waals surface area contributed by atoms with Gasteiger partial charge in [0.25, 0.3) is 0 Å². The summed E-state index contributed by atoms with van der Waals surface area (Å²) >= 11 is 0. The Bertz CT molecular complexity index is 1710. The average Bonchev–Trinajstić information content (AvgIpc) is 3.54.